The van der Waals surface area contributed by atoms with Crippen LogP contribution in [0.5, 0.6) is 5.75 Å². The van der Waals surface area contributed by atoms with E-state index < -0.39 is 5.41 Å². The third-order valence-electron chi connectivity index (χ3n) is 9.48. The number of likely N-dealkylation sites (N-methyl/N-ethyl adjacent to an activating group) is 1. The van der Waals surface area contributed by atoms with E-state index in [1.165, 1.54) is 11.1 Å². The SMILES string of the molecule is CCOC(=O)C1(C(=O)c2ccc(C)cc2)C[C@]2(C)C3Cc4ccc(OC)cc4[C@]2(C)CC1N3C. The average Bonchev–Trinajstić information content (AvgIpc) is 2.82. The molecule has 3 fully saturated rings. The molecule has 5 nitrogen and oxygen atoms in total. The van der Waals surface area contributed by atoms with Crippen molar-refractivity contribution in [1.29, 1.82) is 0 Å². The van der Waals surface area contributed by atoms with Crippen LogP contribution in [0.25, 0.3) is 0 Å². The number of Topliss-reactive ketones (excluding diaryl/α,β-unsaturated/α-hetero) is 1. The molecule has 4 bridgehead atoms. The maximum Gasteiger partial charge on any atom is 0.321 e. The zero-order chi connectivity index (χ0) is 24.5. The number of hydrogen-bond acceptors (Lipinski definition) is 5. The third-order valence-corrected chi connectivity index (χ3v) is 9.48. The monoisotopic (exact) mass is 461 g/mol. The molecule has 3 unspecified atom stereocenters. The van der Waals surface area contributed by atoms with Crippen LogP contribution in [0.3, 0.4) is 0 Å². The second-order valence-corrected chi connectivity index (χ2v) is 10.9. The van der Waals surface area contributed by atoms with Crippen LogP contribution in [0.15, 0.2) is 42.5 Å². The third kappa shape index (κ3) is 2.82. The molecule has 2 saturated heterocycles. The molecule has 0 spiro atoms. The lowest BCUT2D eigenvalue weighted by atomic mass is 9.39. The fraction of sp³-hybridized carbons (Fsp3) is 0.517. The van der Waals surface area contributed by atoms with Crippen LogP contribution in [0, 0.1) is 17.8 Å². The Morgan fingerprint density at radius 1 is 1.09 bits per heavy atom. The minimum atomic E-state index is -1.22. The number of methoxy groups -OCH3 is 1. The lowest BCUT2D eigenvalue weighted by Crippen LogP contribution is -2.78. The highest BCUT2D eigenvalue weighted by molar-refractivity contribution is 6.13. The van der Waals surface area contributed by atoms with Gasteiger partial charge >= 0.3 is 5.97 Å². The molecule has 2 aliphatic heterocycles. The van der Waals surface area contributed by atoms with Crippen LogP contribution < -0.4 is 4.74 Å². The van der Waals surface area contributed by atoms with Crippen molar-refractivity contribution < 1.29 is 19.1 Å². The van der Waals surface area contributed by atoms with Crippen molar-refractivity contribution in [1.82, 2.24) is 4.90 Å². The summed E-state index contributed by atoms with van der Waals surface area (Å²) >= 11 is 0. The fourth-order valence-corrected chi connectivity index (χ4v) is 7.45. The molecular weight excluding hydrogens is 426 g/mol. The van der Waals surface area contributed by atoms with Crippen molar-refractivity contribution in [2.24, 2.45) is 10.8 Å². The van der Waals surface area contributed by atoms with E-state index in [0.717, 1.165) is 17.7 Å². The second kappa shape index (κ2) is 7.67. The number of piperidine rings is 2. The molecule has 1 saturated carbocycles. The van der Waals surface area contributed by atoms with Crippen LogP contribution >= 0.6 is 0 Å². The molecule has 0 aromatic heterocycles. The Morgan fingerprint density at radius 2 is 1.79 bits per heavy atom. The van der Waals surface area contributed by atoms with E-state index in [1.807, 2.05) is 44.2 Å². The topological polar surface area (TPSA) is 55.8 Å². The molecule has 2 heterocycles. The van der Waals surface area contributed by atoms with Gasteiger partial charge in [-0.15, -0.1) is 0 Å². The summed E-state index contributed by atoms with van der Waals surface area (Å²) in [7, 11) is 3.79. The number of fused-ring (bicyclic) bond motifs is 2. The fourth-order valence-electron chi connectivity index (χ4n) is 7.45. The number of rotatable bonds is 5. The molecule has 5 heteroatoms. The molecule has 0 N–H and O–H groups in total. The van der Waals surface area contributed by atoms with E-state index in [-0.39, 0.29) is 41.3 Å². The van der Waals surface area contributed by atoms with E-state index in [9.17, 15) is 9.59 Å². The van der Waals surface area contributed by atoms with E-state index in [2.05, 4.69) is 37.9 Å². The first-order chi connectivity index (χ1) is 16.1. The number of ether oxygens (including phenoxy) is 2. The number of carbonyl (C=O) groups excluding carboxylic acids is 2. The van der Waals surface area contributed by atoms with Gasteiger partial charge in [0.2, 0.25) is 0 Å². The maximum atomic E-state index is 14.2. The maximum absolute atomic E-state index is 14.2. The van der Waals surface area contributed by atoms with Gasteiger partial charge in [-0.3, -0.25) is 14.5 Å². The number of nitrogens with zero attached hydrogens (tertiary/aromatic N) is 1. The summed E-state index contributed by atoms with van der Waals surface area (Å²) in [5, 5.41) is 0. The molecule has 34 heavy (non-hydrogen) atoms. The van der Waals surface area contributed by atoms with Gasteiger partial charge in [-0.25, -0.2) is 0 Å². The Morgan fingerprint density at radius 3 is 2.44 bits per heavy atom. The van der Waals surface area contributed by atoms with E-state index in [4.69, 9.17) is 9.47 Å². The van der Waals surface area contributed by atoms with E-state index >= 15 is 0 Å². The zero-order valence-electron chi connectivity index (χ0n) is 21.1. The zero-order valence-corrected chi connectivity index (χ0v) is 21.1. The van der Waals surface area contributed by atoms with E-state index in [0.29, 0.717) is 18.4 Å². The predicted octanol–water partition coefficient (Wildman–Crippen LogP) is 4.73. The first kappa shape index (κ1) is 23.1. The standard InChI is InChI=1S/C29H35NO4/c1-7-34-26(32)29(25(31)19-10-8-18(2)9-11-19)17-28(4)23-14-20-12-13-21(33-6)15-22(20)27(28,3)16-24(29)30(23)5/h8-13,15,23-24H,7,14,16-17H2,1-6H3/t23?,24?,27-,28+,29?/m0/s1. The molecule has 180 valence electrons. The highest BCUT2D eigenvalue weighted by Gasteiger charge is 2.74. The van der Waals surface area contributed by atoms with Gasteiger partial charge in [-0.05, 0) is 68.8 Å². The smallest absolute Gasteiger partial charge is 0.321 e. The Balaban J connectivity index is 1.68. The quantitative estimate of drug-likeness (QED) is 0.366. The Hall–Kier alpha value is -2.66. The summed E-state index contributed by atoms with van der Waals surface area (Å²) in [5.41, 5.74) is 2.61. The minimum absolute atomic E-state index is 0.110. The Kier molecular flexibility index (Phi) is 5.21. The molecular formula is C29H35NO4. The van der Waals surface area contributed by atoms with Gasteiger partial charge in [0.15, 0.2) is 5.78 Å². The van der Waals surface area contributed by atoms with Crippen molar-refractivity contribution >= 4 is 11.8 Å². The lowest BCUT2D eigenvalue weighted by molar-refractivity contribution is -0.196. The number of ketones is 1. The first-order valence-corrected chi connectivity index (χ1v) is 12.3. The van der Waals surface area contributed by atoms with Crippen LogP contribution in [-0.2, 0) is 21.4 Å². The summed E-state index contributed by atoms with van der Waals surface area (Å²) in [6.07, 6.45) is 2.10. The summed E-state index contributed by atoms with van der Waals surface area (Å²) in [6, 6.07) is 14.0. The predicted molar refractivity (Wildman–Crippen MR) is 131 cm³/mol. The molecule has 0 amide bonds. The van der Waals surface area contributed by atoms with Gasteiger partial charge in [0.05, 0.1) is 13.7 Å². The summed E-state index contributed by atoms with van der Waals surface area (Å²) in [5.74, 6) is 0.362. The van der Waals surface area contributed by atoms with Crippen LogP contribution in [0.1, 0.15) is 60.7 Å². The van der Waals surface area contributed by atoms with Crippen molar-refractivity contribution in [3.05, 3.63) is 64.7 Å². The Bertz CT molecular complexity index is 1160. The number of benzene rings is 2. The largest absolute Gasteiger partial charge is 0.497 e. The average molecular weight is 462 g/mol. The van der Waals surface area contributed by atoms with Crippen LogP contribution in [0.2, 0.25) is 0 Å². The van der Waals surface area contributed by atoms with Crippen molar-refractivity contribution in [3.8, 4) is 5.75 Å². The normalized spacial score (nSPS) is 33.8. The Labute approximate surface area is 202 Å². The second-order valence-electron chi connectivity index (χ2n) is 10.9. The van der Waals surface area contributed by atoms with E-state index in [1.54, 1.807) is 7.11 Å². The molecule has 2 aromatic carbocycles. The number of carbonyl (C=O) groups is 2. The summed E-state index contributed by atoms with van der Waals surface area (Å²) < 4.78 is 11.2. The summed E-state index contributed by atoms with van der Waals surface area (Å²) in [4.78, 5) is 30.3. The molecule has 4 aliphatic rings. The molecule has 2 aliphatic carbocycles. The van der Waals surface area contributed by atoms with Gasteiger partial charge in [0.1, 0.15) is 11.2 Å². The van der Waals surface area contributed by atoms with Crippen molar-refractivity contribution in [2.45, 2.75) is 64.5 Å². The highest BCUT2D eigenvalue weighted by atomic mass is 16.5. The van der Waals surface area contributed by atoms with Crippen molar-refractivity contribution in [3.63, 3.8) is 0 Å². The minimum Gasteiger partial charge on any atom is -0.497 e. The number of aryl methyl sites for hydroxylation is 1. The molecule has 0 radical (unpaired) electrons. The van der Waals surface area contributed by atoms with Gasteiger partial charge in [-0.1, -0.05) is 49.7 Å². The van der Waals surface area contributed by atoms with Crippen molar-refractivity contribution in [2.75, 3.05) is 20.8 Å². The molecule has 2 aromatic rings. The van der Waals surface area contributed by atoms with Gasteiger partial charge < -0.3 is 9.47 Å². The molecule has 6 rings (SSSR count). The van der Waals surface area contributed by atoms with Gasteiger partial charge in [0, 0.05) is 23.1 Å². The van der Waals surface area contributed by atoms with Crippen LogP contribution in [-0.4, -0.2) is 49.5 Å². The number of hydrogen-bond donors (Lipinski definition) is 0. The lowest BCUT2D eigenvalue weighted by Gasteiger charge is -2.71. The highest BCUT2D eigenvalue weighted by Crippen LogP contribution is 2.68. The number of esters is 1. The first-order valence-electron chi connectivity index (χ1n) is 12.3. The molecule has 5 atom stereocenters. The van der Waals surface area contributed by atoms with Crippen LogP contribution in [0.4, 0.5) is 0 Å². The van der Waals surface area contributed by atoms with Gasteiger partial charge in [0.25, 0.3) is 0 Å². The summed E-state index contributed by atoms with van der Waals surface area (Å²) in [6.45, 7) is 8.67. The van der Waals surface area contributed by atoms with Gasteiger partial charge in [-0.2, -0.15) is 0 Å².